The van der Waals surface area contributed by atoms with Crippen LogP contribution in [0.1, 0.15) is 5.56 Å². The molecule has 1 saturated heterocycles. The van der Waals surface area contributed by atoms with Crippen molar-refractivity contribution in [3.05, 3.63) is 66.0 Å². The number of aliphatic hydroxyl groups is 1. The fourth-order valence-electron chi connectivity index (χ4n) is 3.22. The van der Waals surface area contributed by atoms with E-state index in [1.165, 1.54) is 17.0 Å². The second-order valence-electron chi connectivity index (χ2n) is 6.57. The van der Waals surface area contributed by atoms with Gasteiger partial charge in [-0.2, -0.15) is 0 Å². The van der Waals surface area contributed by atoms with Gasteiger partial charge in [0.05, 0.1) is 39.4 Å². The molecule has 0 aromatic heterocycles. The number of hydrogen-bond donors (Lipinski definition) is 2. The lowest BCUT2D eigenvalue weighted by atomic mass is 10.2. The van der Waals surface area contributed by atoms with Crippen LogP contribution in [-0.2, 0) is 11.3 Å². The molecule has 1 heterocycles. The average Bonchev–Trinajstić information content (AvgIpc) is 2.64. The van der Waals surface area contributed by atoms with Crippen LogP contribution in [0, 0.1) is 5.82 Å². The molecular formula is C20H26FN2O2+. The second kappa shape index (κ2) is 8.94. The van der Waals surface area contributed by atoms with Gasteiger partial charge in [-0.15, -0.1) is 0 Å². The summed E-state index contributed by atoms with van der Waals surface area (Å²) in [5.74, 6) is -0.202. The van der Waals surface area contributed by atoms with Gasteiger partial charge in [-0.25, -0.2) is 4.39 Å². The summed E-state index contributed by atoms with van der Waals surface area (Å²) in [5, 5.41) is 10.2. The Morgan fingerprint density at radius 3 is 2.40 bits per heavy atom. The van der Waals surface area contributed by atoms with Gasteiger partial charge < -0.3 is 19.6 Å². The van der Waals surface area contributed by atoms with Gasteiger partial charge in [0.1, 0.15) is 18.5 Å². The number of quaternary nitrogens is 1. The summed E-state index contributed by atoms with van der Waals surface area (Å²) in [4.78, 5) is 3.65. The first-order valence-corrected chi connectivity index (χ1v) is 8.84. The van der Waals surface area contributed by atoms with E-state index in [1.54, 1.807) is 0 Å². The highest BCUT2D eigenvalue weighted by Crippen LogP contribution is 2.14. The lowest BCUT2D eigenvalue weighted by molar-refractivity contribution is -0.903. The number of anilines is 1. The van der Waals surface area contributed by atoms with E-state index in [0.29, 0.717) is 19.8 Å². The summed E-state index contributed by atoms with van der Waals surface area (Å²) < 4.78 is 18.6. The molecule has 2 N–H and O–H groups in total. The molecule has 25 heavy (non-hydrogen) atoms. The van der Waals surface area contributed by atoms with E-state index in [-0.39, 0.29) is 5.82 Å². The standard InChI is InChI=1S/C20H25FN2O2/c21-18-6-8-19(9-7-18)23-12-10-22(11-13-23)14-20(24)16-25-15-17-4-2-1-3-5-17/h1-9,20,24H,10-16H2/p+1/t20-/m0/s1. The molecule has 1 atom stereocenters. The Balaban J connectivity index is 1.36. The first-order valence-electron chi connectivity index (χ1n) is 8.84. The summed E-state index contributed by atoms with van der Waals surface area (Å²) in [6.07, 6.45) is -0.448. The van der Waals surface area contributed by atoms with Crippen molar-refractivity contribution in [2.45, 2.75) is 12.7 Å². The molecule has 1 aliphatic heterocycles. The van der Waals surface area contributed by atoms with E-state index in [9.17, 15) is 9.50 Å². The van der Waals surface area contributed by atoms with Crippen molar-refractivity contribution in [3.63, 3.8) is 0 Å². The fourth-order valence-corrected chi connectivity index (χ4v) is 3.22. The van der Waals surface area contributed by atoms with E-state index in [4.69, 9.17) is 4.74 Å². The van der Waals surface area contributed by atoms with E-state index in [1.807, 2.05) is 42.5 Å². The molecule has 0 bridgehead atoms. The summed E-state index contributed by atoms with van der Waals surface area (Å²) in [7, 11) is 0. The zero-order chi connectivity index (χ0) is 17.5. The molecule has 0 amide bonds. The number of halogens is 1. The molecule has 4 nitrogen and oxygen atoms in total. The lowest BCUT2D eigenvalue weighted by Crippen LogP contribution is -3.16. The Morgan fingerprint density at radius 2 is 1.72 bits per heavy atom. The van der Waals surface area contributed by atoms with Crippen LogP contribution < -0.4 is 9.80 Å². The Hall–Kier alpha value is -1.95. The summed E-state index contributed by atoms with van der Waals surface area (Å²) in [6.45, 7) is 5.36. The van der Waals surface area contributed by atoms with Crippen molar-refractivity contribution in [1.82, 2.24) is 0 Å². The Labute approximate surface area is 148 Å². The predicted molar refractivity (Wildman–Crippen MR) is 96.3 cm³/mol. The molecule has 134 valence electrons. The van der Waals surface area contributed by atoms with E-state index in [2.05, 4.69) is 4.90 Å². The van der Waals surface area contributed by atoms with Crippen LogP contribution in [0.5, 0.6) is 0 Å². The fraction of sp³-hybridized carbons (Fsp3) is 0.400. The van der Waals surface area contributed by atoms with Crippen molar-refractivity contribution in [2.75, 3.05) is 44.2 Å². The van der Waals surface area contributed by atoms with Gasteiger partial charge in [-0.1, -0.05) is 30.3 Å². The lowest BCUT2D eigenvalue weighted by Gasteiger charge is -2.34. The molecule has 5 heteroatoms. The predicted octanol–water partition coefficient (Wildman–Crippen LogP) is 1.11. The first-order chi connectivity index (χ1) is 12.2. The minimum Gasteiger partial charge on any atom is -0.385 e. The van der Waals surface area contributed by atoms with E-state index < -0.39 is 6.10 Å². The maximum absolute atomic E-state index is 13.0. The molecular weight excluding hydrogens is 319 g/mol. The molecule has 2 aromatic carbocycles. The Morgan fingerprint density at radius 1 is 1.04 bits per heavy atom. The van der Waals surface area contributed by atoms with E-state index >= 15 is 0 Å². The number of nitrogens with one attached hydrogen (secondary N) is 1. The third-order valence-corrected chi connectivity index (χ3v) is 4.61. The highest BCUT2D eigenvalue weighted by Gasteiger charge is 2.22. The van der Waals surface area contributed by atoms with Crippen LogP contribution in [-0.4, -0.2) is 50.5 Å². The SMILES string of the molecule is O[C@H](COCc1ccccc1)C[NH+]1CCN(c2ccc(F)cc2)CC1. The van der Waals surface area contributed by atoms with Gasteiger partial charge in [0.25, 0.3) is 0 Å². The van der Waals surface area contributed by atoms with Crippen molar-refractivity contribution in [3.8, 4) is 0 Å². The van der Waals surface area contributed by atoms with Crippen molar-refractivity contribution in [1.29, 1.82) is 0 Å². The number of nitrogens with zero attached hydrogens (tertiary/aromatic N) is 1. The van der Waals surface area contributed by atoms with Gasteiger partial charge in [0.2, 0.25) is 0 Å². The molecule has 0 saturated carbocycles. The minimum atomic E-state index is -0.448. The zero-order valence-corrected chi connectivity index (χ0v) is 14.4. The number of aliphatic hydroxyl groups excluding tert-OH is 1. The third-order valence-electron chi connectivity index (χ3n) is 4.61. The van der Waals surface area contributed by atoms with Gasteiger partial charge in [-0.3, -0.25) is 0 Å². The normalized spacial score (nSPS) is 16.8. The van der Waals surface area contributed by atoms with Gasteiger partial charge in [-0.05, 0) is 29.8 Å². The minimum absolute atomic E-state index is 0.202. The molecule has 1 aliphatic rings. The van der Waals surface area contributed by atoms with Crippen molar-refractivity contribution >= 4 is 5.69 Å². The van der Waals surface area contributed by atoms with Gasteiger partial charge in [0.15, 0.2) is 0 Å². The van der Waals surface area contributed by atoms with Crippen LogP contribution in [0.25, 0.3) is 0 Å². The number of hydrogen-bond acceptors (Lipinski definition) is 3. The number of benzene rings is 2. The van der Waals surface area contributed by atoms with Crippen LogP contribution in [0.15, 0.2) is 54.6 Å². The Bertz CT molecular complexity index is 628. The molecule has 0 unspecified atom stereocenters. The van der Waals surface area contributed by atoms with Gasteiger partial charge >= 0.3 is 0 Å². The second-order valence-corrected chi connectivity index (χ2v) is 6.57. The number of piperazine rings is 1. The smallest absolute Gasteiger partial charge is 0.126 e. The Kier molecular flexibility index (Phi) is 6.39. The van der Waals surface area contributed by atoms with Crippen LogP contribution >= 0.6 is 0 Å². The molecule has 0 radical (unpaired) electrons. The maximum Gasteiger partial charge on any atom is 0.126 e. The third kappa shape index (κ3) is 5.53. The molecule has 3 rings (SSSR count). The summed E-state index contributed by atoms with van der Waals surface area (Å²) in [6, 6.07) is 16.6. The monoisotopic (exact) mass is 345 g/mol. The highest BCUT2D eigenvalue weighted by atomic mass is 19.1. The van der Waals surface area contributed by atoms with Crippen LogP contribution in [0.2, 0.25) is 0 Å². The molecule has 0 spiro atoms. The van der Waals surface area contributed by atoms with Crippen LogP contribution in [0.3, 0.4) is 0 Å². The van der Waals surface area contributed by atoms with Gasteiger partial charge in [0, 0.05) is 5.69 Å². The highest BCUT2D eigenvalue weighted by molar-refractivity contribution is 5.46. The largest absolute Gasteiger partial charge is 0.385 e. The molecule has 0 aliphatic carbocycles. The van der Waals surface area contributed by atoms with Crippen molar-refractivity contribution < 1.29 is 19.1 Å². The number of ether oxygens (including phenoxy) is 1. The van der Waals surface area contributed by atoms with Crippen LogP contribution in [0.4, 0.5) is 10.1 Å². The number of rotatable bonds is 7. The molecule has 2 aromatic rings. The topological polar surface area (TPSA) is 37.1 Å². The zero-order valence-electron chi connectivity index (χ0n) is 14.4. The average molecular weight is 345 g/mol. The maximum atomic E-state index is 13.0. The summed E-state index contributed by atoms with van der Waals surface area (Å²) >= 11 is 0. The van der Waals surface area contributed by atoms with E-state index in [0.717, 1.165) is 37.4 Å². The first kappa shape index (κ1) is 17.9. The quantitative estimate of drug-likeness (QED) is 0.789. The molecule has 1 fully saturated rings. The summed E-state index contributed by atoms with van der Waals surface area (Å²) in [5.41, 5.74) is 2.18. The van der Waals surface area contributed by atoms with Crippen molar-refractivity contribution in [2.24, 2.45) is 0 Å².